The summed E-state index contributed by atoms with van der Waals surface area (Å²) >= 11 is 0. The van der Waals surface area contributed by atoms with Crippen LogP contribution in [0.5, 0.6) is 0 Å². The maximum absolute atomic E-state index is 14.4. The van der Waals surface area contributed by atoms with E-state index in [1.54, 1.807) is 30.9 Å². The summed E-state index contributed by atoms with van der Waals surface area (Å²) in [6.45, 7) is 3.03. The lowest BCUT2D eigenvalue weighted by atomic mass is 9.98. The van der Waals surface area contributed by atoms with Crippen LogP contribution in [-0.4, -0.2) is 34.3 Å². The largest absolute Gasteiger partial charge is 0.365 e. The zero-order chi connectivity index (χ0) is 19.7. The van der Waals surface area contributed by atoms with Gasteiger partial charge in [0.05, 0.1) is 23.4 Å². The number of nitrogen functional groups attached to an aromatic ring is 1. The minimum Gasteiger partial charge on any atom is -0.365 e. The van der Waals surface area contributed by atoms with Crippen molar-refractivity contribution in [3.63, 3.8) is 0 Å². The van der Waals surface area contributed by atoms with Gasteiger partial charge in [0.15, 0.2) is 0 Å². The maximum atomic E-state index is 14.4. The van der Waals surface area contributed by atoms with E-state index in [-0.39, 0.29) is 12.6 Å². The van der Waals surface area contributed by atoms with Crippen molar-refractivity contribution in [1.82, 2.24) is 9.24 Å². The predicted molar refractivity (Wildman–Crippen MR) is 99.9 cm³/mol. The molecule has 1 aromatic heterocycles. The van der Waals surface area contributed by atoms with Gasteiger partial charge in [-0.05, 0) is 44.4 Å². The third kappa shape index (κ3) is 2.63. The second-order valence-electron chi connectivity index (χ2n) is 7.77. The van der Waals surface area contributed by atoms with Crippen LogP contribution in [0, 0.1) is 12.8 Å². The highest BCUT2D eigenvalue weighted by atomic mass is 19.3. The SMILES string of the molecule is Cc1c(N2CC(C(C)N)C(F)(F)C2)ccc2c(=O)n(N)c(=O)n(C3CC3)c12. The molecule has 2 aromatic rings. The first-order chi connectivity index (χ1) is 12.6. The fourth-order valence-electron chi connectivity index (χ4n) is 4.16. The van der Waals surface area contributed by atoms with E-state index in [0.717, 1.165) is 12.8 Å². The quantitative estimate of drug-likeness (QED) is 0.774. The summed E-state index contributed by atoms with van der Waals surface area (Å²) in [7, 11) is 0. The van der Waals surface area contributed by atoms with Crippen molar-refractivity contribution in [3.05, 3.63) is 38.5 Å². The highest BCUT2D eigenvalue weighted by molar-refractivity contribution is 5.87. The normalized spacial score (nSPS) is 23.1. The smallest absolute Gasteiger partial charge is 0.350 e. The minimum atomic E-state index is -2.90. The van der Waals surface area contributed by atoms with Gasteiger partial charge in [-0.2, -0.15) is 4.68 Å². The van der Waals surface area contributed by atoms with E-state index >= 15 is 0 Å². The predicted octanol–water partition coefficient (Wildman–Crippen LogP) is 0.939. The Morgan fingerprint density at radius 1 is 1.26 bits per heavy atom. The van der Waals surface area contributed by atoms with Crippen molar-refractivity contribution in [2.24, 2.45) is 11.7 Å². The summed E-state index contributed by atoms with van der Waals surface area (Å²) in [6.07, 6.45) is 1.65. The van der Waals surface area contributed by atoms with Gasteiger partial charge in [-0.1, -0.05) is 0 Å². The number of hydrogen-bond acceptors (Lipinski definition) is 5. The molecule has 2 atom stereocenters. The van der Waals surface area contributed by atoms with E-state index in [4.69, 9.17) is 11.6 Å². The van der Waals surface area contributed by atoms with Crippen LogP contribution in [-0.2, 0) is 0 Å². The summed E-state index contributed by atoms with van der Waals surface area (Å²) in [5.41, 5.74) is 6.32. The molecule has 1 aliphatic heterocycles. The van der Waals surface area contributed by atoms with Crippen LogP contribution in [0.2, 0.25) is 0 Å². The molecule has 1 saturated heterocycles. The number of hydrogen-bond donors (Lipinski definition) is 2. The lowest BCUT2D eigenvalue weighted by Crippen LogP contribution is -2.44. The zero-order valence-corrected chi connectivity index (χ0v) is 15.3. The maximum Gasteiger partial charge on any atom is 0.350 e. The topological polar surface area (TPSA) is 99.3 Å². The van der Waals surface area contributed by atoms with E-state index in [1.165, 1.54) is 4.57 Å². The number of benzene rings is 1. The molecule has 1 saturated carbocycles. The summed E-state index contributed by atoms with van der Waals surface area (Å²) < 4.78 is 30.9. The van der Waals surface area contributed by atoms with Gasteiger partial charge in [0.2, 0.25) is 0 Å². The van der Waals surface area contributed by atoms with Crippen molar-refractivity contribution >= 4 is 16.6 Å². The molecule has 0 bridgehead atoms. The third-order valence-electron chi connectivity index (χ3n) is 5.75. The average molecular weight is 379 g/mol. The molecule has 4 N–H and O–H groups in total. The first-order valence-corrected chi connectivity index (χ1v) is 9.07. The number of halogens is 2. The van der Waals surface area contributed by atoms with Gasteiger partial charge in [0.1, 0.15) is 0 Å². The third-order valence-corrected chi connectivity index (χ3v) is 5.75. The molecule has 2 unspecified atom stereocenters. The molecule has 2 fully saturated rings. The van der Waals surface area contributed by atoms with Crippen molar-refractivity contribution in [2.75, 3.05) is 23.8 Å². The standard InChI is InChI=1S/C18H23F2N5O2/c1-9-14(23-7-13(10(2)21)18(19,20)8-23)6-5-12-15(9)24(11-3-4-11)17(27)25(22)16(12)26/h5-6,10-11,13H,3-4,7-8,21-22H2,1-2H3. The van der Waals surface area contributed by atoms with Crippen molar-refractivity contribution in [1.29, 1.82) is 0 Å². The summed E-state index contributed by atoms with van der Waals surface area (Å²) in [5, 5.41) is 0.319. The Labute approximate surface area is 154 Å². The van der Waals surface area contributed by atoms with Crippen LogP contribution >= 0.6 is 0 Å². The molecular weight excluding hydrogens is 356 g/mol. The Hall–Kier alpha value is -2.42. The van der Waals surface area contributed by atoms with Crippen LogP contribution < -0.4 is 27.7 Å². The Balaban J connectivity index is 1.91. The number of alkyl halides is 2. The Morgan fingerprint density at radius 2 is 1.93 bits per heavy atom. The molecule has 2 heterocycles. The number of nitrogens with zero attached hydrogens (tertiary/aromatic N) is 3. The van der Waals surface area contributed by atoms with Crippen molar-refractivity contribution in [2.45, 2.75) is 44.7 Å². The zero-order valence-electron chi connectivity index (χ0n) is 15.3. The van der Waals surface area contributed by atoms with Crippen molar-refractivity contribution in [3.8, 4) is 0 Å². The number of nitrogens with two attached hydrogens (primary N) is 2. The molecule has 1 aliphatic carbocycles. The lowest BCUT2D eigenvalue weighted by Gasteiger charge is -2.23. The van der Waals surface area contributed by atoms with Gasteiger partial charge in [-0.25, -0.2) is 13.6 Å². The molecule has 1 aromatic carbocycles. The summed E-state index contributed by atoms with van der Waals surface area (Å²) in [5.74, 6) is 1.81. The van der Waals surface area contributed by atoms with Gasteiger partial charge in [0.25, 0.3) is 11.5 Å². The van der Waals surface area contributed by atoms with E-state index in [9.17, 15) is 18.4 Å². The van der Waals surface area contributed by atoms with E-state index in [2.05, 4.69) is 0 Å². The fraction of sp³-hybridized carbons (Fsp3) is 0.556. The van der Waals surface area contributed by atoms with E-state index < -0.39 is 35.7 Å². The molecule has 0 amide bonds. The van der Waals surface area contributed by atoms with Crippen LogP contribution in [0.15, 0.2) is 21.7 Å². The highest BCUT2D eigenvalue weighted by Crippen LogP contribution is 2.41. The minimum absolute atomic E-state index is 0.0128. The molecular formula is C18H23F2N5O2. The first-order valence-electron chi connectivity index (χ1n) is 9.07. The van der Waals surface area contributed by atoms with E-state index in [0.29, 0.717) is 26.8 Å². The van der Waals surface area contributed by atoms with E-state index in [1.807, 2.05) is 0 Å². The number of aromatic nitrogens is 2. The molecule has 7 nitrogen and oxygen atoms in total. The second kappa shape index (κ2) is 5.79. The van der Waals surface area contributed by atoms with Gasteiger partial charge >= 0.3 is 5.69 Å². The second-order valence-corrected chi connectivity index (χ2v) is 7.77. The number of fused-ring (bicyclic) bond motifs is 1. The van der Waals surface area contributed by atoms with Crippen LogP contribution in [0.3, 0.4) is 0 Å². The van der Waals surface area contributed by atoms with Gasteiger partial charge in [-0.3, -0.25) is 9.36 Å². The molecule has 0 spiro atoms. The number of rotatable bonds is 3. The highest BCUT2D eigenvalue weighted by Gasteiger charge is 2.50. The Kier molecular flexibility index (Phi) is 3.85. The molecule has 2 aliphatic rings. The molecule has 9 heteroatoms. The van der Waals surface area contributed by atoms with Gasteiger partial charge in [0, 0.05) is 24.3 Å². The van der Waals surface area contributed by atoms with Crippen molar-refractivity contribution < 1.29 is 8.78 Å². The van der Waals surface area contributed by atoms with Crippen LogP contribution in [0.4, 0.5) is 14.5 Å². The summed E-state index contributed by atoms with van der Waals surface area (Å²) in [4.78, 5) is 26.6. The molecule has 4 rings (SSSR count). The monoisotopic (exact) mass is 379 g/mol. The van der Waals surface area contributed by atoms with Gasteiger partial charge in [-0.15, -0.1) is 0 Å². The number of aryl methyl sites for hydroxylation is 1. The average Bonchev–Trinajstić information content (AvgIpc) is 3.36. The fourth-order valence-corrected chi connectivity index (χ4v) is 4.16. The summed E-state index contributed by atoms with van der Waals surface area (Å²) in [6, 6.07) is 2.57. The Bertz CT molecular complexity index is 1040. The van der Waals surface area contributed by atoms with Crippen LogP contribution in [0.1, 0.15) is 31.4 Å². The molecule has 146 valence electrons. The number of anilines is 1. The van der Waals surface area contributed by atoms with Crippen LogP contribution in [0.25, 0.3) is 10.9 Å². The lowest BCUT2D eigenvalue weighted by molar-refractivity contribution is -0.0273. The Morgan fingerprint density at radius 3 is 2.48 bits per heavy atom. The first kappa shape index (κ1) is 18.0. The molecule has 27 heavy (non-hydrogen) atoms. The molecule has 0 radical (unpaired) electrons. The van der Waals surface area contributed by atoms with Gasteiger partial charge < -0.3 is 16.5 Å².